The molecule has 0 unspecified atom stereocenters. The second-order valence-corrected chi connectivity index (χ2v) is 5.89. The third-order valence-electron chi connectivity index (χ3n) is 3.96. The normalized spacial score (nSPS) is 11.7. The number of hydrogen-bond acceptors (Lipinski definition) is 4. The molecule has 1 heterocycles. The first-order chi connectivity index (χ1) is 12.1. The predicted octanol–water partition coefficient (Wildman–Crippen LogP) is 3.27. The van der Waals surface area contributed by atoms with Crippen LogP contribution in [0.25, 0.3) is 11.1 Å². The largest absolute Gasteiger partial charge is 0.508 e. The molecule has 0 aliphatic heterocycles. The number of nitrogens with zero attached hydrogens (tertiary/aromatic N) is 2. The molecule has 0 fully saturated rings. The molecule has 2 N–H and O–H groups in total. The van der Waals surface area contributed by atoms with Crippen molar-refractivity contribution in [2.24, 2.45) is 0 Å². The van der Waals surface area contributed by atoms with E-state index in [1.165, 1.54) is 6.33 Å². The minimum atomic E-state index is -0.106. The highest BCUT2D eigenvalue weighted by Crippen LogP contribution is 2.21. The van der Waals surface area contributed by atoms with Crippen LogP contribution < -0.4 is 5.32 Å². The highest BCUT2D eigenvalue weighted by atomic mass is 16.3. The van der Waals surface area contributed by atoms with E-state index in [2.05, 4.69) is 15.3 Å². The monoisotopic (exact) mass is 333 g/mol. The molecule has 2 aromatic carbocycles. The summed E-state index contributed by atoms with van der Waals surface area (Å²) in [6.07, 6.45) is 5.27. The molecule has 5 heteroatoms. The first kappa shape index (κ1) is 16.6. The van der Waals surface area contributed by atoms with Gasteiger partial charge >= 0.3 is 0 Å². The lowest BCUT2D eigenvalue weighted by molar-refractivity contribution is -0.121. The molecule has 0 aliphatic carbocycles. The van der Waals surface area contributed by atoms with Crippen molar-refractivity contribution in [3.8, 4) is 16.9 Å². The van der Waals surface area contributed by atoms with Crippen molar-refractivity contribution >= 4 is 5.91 Å². The van der Waals surface area contributed by atoms with Gasteiger partial charge in [-0.05, 0) is 35.7 Å². The van der Waals surface area contributed by atoms with E-state index >= 15 is 0 Å². The lowest BCUT2D eigenvalue weighted by Crippen LogP contribution is -2.28. The van der Waals surface area contributed by atoms with Gasteiger partial charge in [0.05, 0.1) is 12.5 Å². The molecule has 3 rings (SSSR count). The molecule has 1 atom stereocenters. The Balaban J connectivity index is 1.63. The molecule has 126 valence electrons. The standard InChI is InChI=1S/C20H19N3O2/c1-14(23-20(25)10-15-3-2-4-19(24)9-15)16-5-7-17(8-6-16)18-11-21-13-22-12-18/h2-9,11-14,24H,10H2,1H3,(H,23,25)/t14-/m0/s1. The number of carbonyl (C=O) groups is 1. The Kier molecular flexibility index (Phi) is 5.04. The summed E-state index contributed by atoms with van der Waals surface area (Å²) in [6, 6.07) is 14.6. The predicted molar refractivity (Wildman–Crippen MR) is 95.8 cm³/mol. The molecular weight excluding hydrogens is 314 g/mol. The molecule has 0 bridgehead atoms. The van der Waals surface area contributed by atoms with Gasteiger partial charge < -0.3 is 10.4 Å². The average Bonchev–Trinajstić information content (AvgIpc) is 2.62. The molecule has 0 spiro atoms. The number of phenolic OH excluding ortho intramolecular Hbond substituents is 1. The lowest BCUT2D eigenvalue weighted by Gasteiger charge is -2.15. The van der Waals surface area contributed by atoms with Crippen LogP contribution >= 0.6 is 0 Å². The van der Waals surface area contributed by atoms with E-state index in [4.69, 9.17) is 0 Å². The Morgan fingerprint density at radius 3 is 2.48 bits per heavy atom. The summed E-state index contributed by atoms with van der Waals surface area (Å²) in [5.74, 6) is 0.0810. The lowest BCUT2D eigenvalue weighted by atomic mass is 10.0. The Labute approximate surface area is 146 Å². The maximum Gasteiger partial charge on any atom is 0.224 e. The highest BCUT2D eigenvalue weighted by molar-refractivity contribution is 5.79. The summed E-state index contributed by atoms with van der Waals surface area (Å²) in [5, 5.41) is 12.4. The van der Waals surface area contributed by atoms with Gasteiger partial charge in [0.25, 0.3) is 0 Å². The van der Waals surface area contributed by atoms with Crippen LogP contribution in [-0.4, -0.2) is 21.0 Å². The number of aromatic hydroxyl groups is 1. The molecule has 1 aromatic heterocycles. The van der Waals surface area contributed by atoms with Crippen molar-refractivity contribution in [3.63, 3.8) is 0 Å². The third-order valence-corrected chi connectivity index (χ3v) is 3.96. The van der Waals surface area contributed by atoms with Crippen LogP contribution in [0, 0.1) is 0 Å². The number of nitrogens with one attached hydrogen (secondary N) is 1. The quantitative estimate of drug-likeness (QED) is 0.751. The number of phenols is 1. The number of hydrogen-bond donors (Lipinski definition) is 2. The van der Waals surface area contributed by atoms with E-state index in [0.717, 1.165) is 22.3 Å². The fourth-order valence-corrected chi connectivity index (χ4v) is 2.64. The van der Waals surface area contributed by atoms with E-state index in [-0.39, 0.29) is 24.1 Å². The minimum absolute atomic E-state index is 0.0846. The van der Waals surface area contributed by atoms with Gasteiger partial charge in [0.2, 0.25) is 5.91 Å². The number of amides is 1. The highest BCUT2D eigenvalue weighted by Gasteiger charge is 2.11. The second-order valence-electron chi connectivity index (χ2n) is 5.89. The SMILES string of the molecule is C[C@H](NC(=O)Cc1cccc(O)c1)c1ccc(-c2cncnc2)cc1. The average molecular weight is 333 g/mol. The van der Waals surface area contributed by atoms with E-state index in [0.29, 0.717) is 0 Å². The van der Waals surface area contributed by atoms with E-state index in [1.54, 1.807) is 30.6 Å². The van der Waals surface area contributed by atoms with Crippen LogP contribution in [-0.2, 0) is 11.2 Å². The molecule has 0 saturated carbocycles. The van der Waals surface area contributed by atoms with Gasteiger partial charge in [-0.3, -0.25) is 4.79 Å². The van der Waals surface area contributed by atoms with Gasteiger partial charge in [-0.1, -0.05) is 36.4 Å². The first-order valence-corrected chi connectivity index (χ1v) is 8.04. The van der Waals surface area contributed by atoms with E-state index in [1.807, 2.05) is 37.3 Å². The van der Waals surface area contributed by atoms with Crippen molar-refractivity contribution in [1.29, 1.82) is 0 Å². The second kappa shape index (κ2) is 7.57. The third kappa shape index (κ3) is 4.41. The minimum Gasteiger partial charge on any atom is -0.508 e. The van der Waals surface area contributed by atoms with Crippen LogP contribution in [0.4, 0.5) is 0 Å². The molecule has 0 aliphatic rings. The smallest absolute Gasteiger partial charge is 0.224 e. The summed E-state index contributed by atoms with van der Waals surface area (Å²) >= 11 is 0. The topological polar surface area (TPSA) is 75.1 Å². The van der Waals surface area contributed by atoms with Crippen LogP contribution in [0.1, 0.15) is 24.1 Å². The molecule has 25 heavy (non-hydrogen) atoms. The summed E-state index contributed by atoms with van der Waals surface area (Å²) in [7, 11) is 0. The molecule has 0 saturated heterocycles. The zero-order valence-electron chi connectivity index (χ0n) is 13.9. The van der Waals surface area contributed by atoms with E-state index in [9.17, 15) is 9.90 Å². The van der Waals surface area contributed by atoms with Crippen LogP contribution in [0.3, 0.4) is 0 Å². The van der Waals surface area contributed by atoms with Crippen molar-refractivity contribution < 1.29 is 9.90 Å². The molecule has 3 aromatic rings. The van der Waals surface area contributed by atoms with Crippen molar-refractivity contribution in [3.05, 3.63) is 78.4 Å². The van der Waals surface area contributed by atoms with Gasteiger partial charge in [-0.15, -0.1) is 0 Å². The van der Waals surface area contributed by atoms with Crippen LogP contribution in [0.15, 0.2) is 67.3 Å². The Morgan fingerprint density at radius 1 is 1.08 bits per heavy atom. The molecule has 0 radical (unpaired) electrons. The molecular formula is C20H19N3O2. The van der Waals surface area contributed by atoms with Gasteiger partial charge in [0.15, 0.2) is 0 Å². The fourth-order valence-electron chi connectivity index (χ4n) is 2.64. The Hall–Kier alpha value is -3.21. The fraction of sp³-hybridized carbons (Fsp3) is 0.150. The summed E-state index contributed by atoms with van der Waals surface area (Å²) in [6.45, 7) is 1.95. The van der Waals surface area contributed by atoms with Crippen LogP contribution in [0.2, 0.25) is 0 Å². The Morgan fingerprint density at radius 2 is 1.80 bits per heavy atom. The maximum absolute atomic E-state index is 12.2. The molecule has 5 nitrogen and oxygen atoms in total. The Bertz CT molecular complexity index is 848. The summed E-state index contributed by atoms with van der Waals surface area (Å²) in [5.41, 5.74) is 3.78. The van der Waals surface area contributed by atoms with Gasteiger partial charge in [0, 0.05) is 18.0 Å². The zero-order valence-corrected chi connectivity index (χ0v) is 13.9. The maximum atomic E-state index is 12.2. The van der Waals surface area contributed by atoms with Crippen molar-refractivity contribution in [2.75, 3.05) is 0 Å². The van der Waals surface area contributed by atoms with Crippen molar-refractivity contribution in [2.45, 2.75) is 19.4 Å². The number of benzene rings is 2. The van der Waals surface area contributed by atoms with Gasteiger partial charge in [0.1, 0.15) is 12.1 Å². The van der Waals surface area contributed by atoms with Gasteiger partial charge in [-0.25, -0.2) is 9.97 Å². The summed E-state index contributed by atoms with van der Waals surface area (Å²) < 4.78 is 0. The van der Waals surface area contributed by atoms with E-state index < -0.39 is 0 Å². The van der Waals surface area contributed by atoms with Gasteiger partial charge in [-0.2, -0.15) is 0 Å². The van der Waals surface area contributed by atoms with Crippen molar-refractivity contribution in [1.82, 2.24) is 15.3 Å². The first-order valence-electron chi connectivity index (χ1n) is 8.04. The molecule has 1 amide bonds. The zero-order chi connectivity index (χ0) is 17.6. The number of rotatable bonds is 5. The summed E-state index contributed by atoms with van der Waals surface area (Å²) in [4.78, 5) is 20.2. The number of aromatic nitrogens is 2. The van der Waals surface area contributed by atoms with Crippen LogP contribution in [0.5, 0.6) is 5.75 Å². The number of carbonyl (C=O) groups excluding carboxylic acids is 1.